The largest absolute Gasteiger partial charge is 0.504 e. The molecule has 0 heterocycles. The van der Waals surface area contributed by atoms with Crippen LogP contribution in [0.4, 0.5) is 0 Å². The first-order valence-corrected chi connectivity index (χ1v) is 10.2. The summed E-state index contributed by atoms with van der Waals surface area (Å²) in [4.78, 5) is 11.8. The number of aliphatic hydroxyl groups is 2. The van der Waals surface area contributed by atoms with Crippen LogP contribution in [0, 0.1) is 11.8 Å². The maximum Gasteiger partial charge on any atom is 0.303 e. The molecule has 1 aromatic rings. The van der Waals surface area contributed by atoms with Crippen LogP contribution in [0.25, 0.3) is 0 Å². The summed E-state index contributed by atoms with van der Waals surface area (Å²) >= 11 is 0. The summed E-state index contributed by atoms with van der Waals surface area (Å²) in [6.45, 7) is 3.55. The van der Waals surface area contributed by atoms with E-state index in [4.69, 9.17) is 9.47 Å². The number of ether oxygens (including phenoxy) is 2. The molecule has 0 amide bonds. The van der Waals surface area contributed by atoms with Crippen molar-refractivity contribution in [1.29, 1.82) is 0 Å². The fourth-order valence-electron chi connectivity index (χ4n) is 4.54. The Hall–Kier alpha value is -1.79. The van der Waals surface area contributed by atoms with Crippen molar-refractivity contribution in [1.82, 2.24) is 0 Å². The number of aliphatic hydroxyl groups excluding tert-OH is 2. The van der Waals surface area contributed by atoms with Crippen molar-refractivity contribution < 1.29 is 29.6 Å². The van der Waals surface area contributed by atoms with Crippen molar-refractivity contribution in [2.45, 2.75) is 70.5 Å². The highest BCUT2D eigenvalue weighted by Crippen LogP contribution is 2.42. The second kappa shape index (κ2) is 10.1. The van der Waals surface area contributed by atoms with Crippen molar-refractivity contribution >= 4 is 5.97 Å². The third kappa shape index (κ3) is 5.61. The van der Waals surface area contributed by atoms with Gasteiger partial charge in [-0.25, -0.2) is 0 Å². The number of rotatable bonds is 9. The van der Waals surface area contributed by atoms with Crippen molar-refractivity contribution in [2.75, 3.05) is 13.7 Å². The van der Waals surface area contributed by atoms with Gasteiger partial charge in [-0.3, -0.25) is 4.79 Å². The molecule has 6 heteroatoms. The minimum atomic E-state index is -0.709. The number of methoxy groups -OCH3 is 1. The van der Waals surface area contributed by atoms with Crippen LogP contribution < -0.4 is 4.74 Å². The molecule has 28 heavy (non-hydrogen) atoms. The third-order valence-corrected chi connectivity index (χ3v) is 5.98. The number of aryl methyl sites for hydroxylation is 1. The summed E-state index contributed by atoms with van der Waals surface area (Å²) in [7, 11) is 1.50. The topological polar surface area (TPSA) is 96.2 Å². The number of phenolic OH excluding ortho intramolecular Hbond substituents is 1. The van der Waals surface area contributed by atoms with Crippen molar-refractivity contribution in [3.63, 3.8) is 0 Å². The summed E-state index contributed by atoms with van der Waals surface area (Å²) < 4.78 is 10.9. The molecular weight excluding hydrogens is 360 g/mol. The highest BCUT2D eigenvalue weighted by Gasteiger charge is 2.44. The van der Waals surface area contributed by atoms with Gasteiger partial charge in [0.05, 0.1) is 13.2 Å². The zero-order valence-electron chi connectivity index (χ0n) is 17.2. The Morgan fingerprint density at radius 1 is 1.39 bits per heavy atom. The smallest absolute Gasteiger partial charge is 0.303 e. The Kier molecular flexibility index (Phi) is 8.13. The third-order valence-electron chi connectivity index (χ3n) is 5.98. The second-order valence-corrected chi connectivity index (χ2v) is 7.99. The molecule has 0 bridgehead atoms. The average molecular weight is 395 g/mol. The van der Waals surface area contributed by atoms with E-state index in [-0.39, 0.29) is 30.2 Å². The lowest BCUT2D eigenvalue weighted by atomic mass is 9.69. The average Bonchev–Trinajstić information content (AvgIpc) is 2.65. The molecule has 1 aliphatic rings. The van der Waals surface area contributed by atoms with Crippen LogP contribution in [-0.2, 0) is 16.0 Å². The summed E-state index contributed by atoms with van der Waals surface area (Å²) in [5.74, 6) is 0.260. The number of esters is 1. The SMILES string of the molecule is CCC[C@H](CO)[C@H]1CC[C@](CCc2ccc(O)c(OC)c2)(OC(C)=O)C[C@H]1O. The fraction of sp³-hybridized carbons (Fsp3) is 0.682. The van der Waals surface area contributed by atoms with E-state index in [2.05, 4.69) is 6.92 Å². The van der Waals surface area contributed by atoms with Gasteiger partial charge in [-0.1, -0.05) is 19.4 Å². The monoisotopic (exact) mass is 394 g/mol. The van der Waals surface area contributed by atoms with E-state index in [0.29, 0.717) is 31.4 Å². The summed E-state index contributed by atoms with van der Waals surface area (Å²) in [5, 5.41) is 30.3. The normalized spacial score (nSPS) is 25.9. The quantitative estimate of drug-likeness (QED) is 0.557. The molecule has 6 nitrogen and oxygen atoms in total. The highest BCUT2D eigenvalue weighted by atomic mass is 16.6. The van der Waals surface area contributed by atoms with Crippen LogP contribution in [0.5, 0.6) is 11.5 Å². The molecule has 1 aliphatic carbocycles. The molecule has 158 valence electrons. The highest BCUT2D eigenvalue weighted by molar-refractivity contribution is 5.66. The maximum atomic E-state index is 11.8. The summed E-state index contributed by atoms with van der Waals surface area (Å²) in [6.07, 6.45) is 4.24. The van der Waals surface area contributed by atoms with Gasteiger partial charge in [0.2, 0.25) is 0 Å². The minimum absolute atomic E-state index is 0.0300. The molecule has 1 fully saturated rings. The summed E-state index contributed by atoms with van der Waals surface area (Å²) in [5.41, 5.74) is 0.260. The molecule has 0 spiro atoms. The summed E-state index contributed by atoms with van der Waals surface area (Å²) in [6, 6.07) is 5.20. The van der Waals surface area contributed by atoms with Crippen LogP contribution >= 0.6 is 0 Å². The van der Waals surface area contributed by atoms with Gasteiger partial charge in [-0.05, 0) is 61.6 Å². The molecule has 0 aromatic heterocycles. The molecule has 0 saturated heterocycles. The number of benzene rings is 1. The lowest BCUT2D eigenvalue weighted by Crippen LogP contribution is -2.47. The van der Waals surface area contributed by atoms with Crippen LogP contribution in [0.3, 0.4) is 0 Å². The Bertz CT molecular complexity index is 646. The van der Waals surface area contributed by atoms with Crippen LogP contribution in [-0.4, -0.2) is 46.7 Å². The van der Waals surface area contributed by atoms with E-state index in [0.717, 1.165) is 24.8 Å². The van der Waals surface area contributed by atoms with Crippen LogP contribution in [0.2, 0.25) is 0 Å². The van der Waals surface area contributed by atoms with Crippen LogP contribution in [0.15, 0.2) is 18.2 Å². The number of hydrogen-bond acceptors (Lipinski definition) is 6. The Labute approximate surface area is 167 Å². The van der Waals surface area contributed by atoms with E-state index in [9.17, 15) is 20.1 Å². The standard InChI is InChI=1S/C22H34O6/c1-4-5-17(14-23)18-9-11-22(13-20(18)26,28-15(2)24)10-8-16-6-7-19(25)21(12-16)27-3/h6-7,12,17-18,20,23,25-26H,4-5,8-11,13-14H2,1-3H3/t17-,18-,20-,22+/m1/s1. The van der Waals surface area contributed by atoms with Gasteiger partial charge < -0.3 is 24.8 Å². The molecule has 2 rings (SSSR count). The van der Waals surface area contributed by atoms with E-state index >= 15 is 0 Å². The molecule has 3 N–H and O–H groups in total. The van der Waals surface area contributed by atoms with Crippen molar-refractivity contribution in [3.05, 3.63) is 23.8 Å². The van der Waals surface area contributed by atoms with Gasteiger partial charge in [0.1, 0.15) is 5.60 Å². The predicted octanol–water partition coefficient (Wildman–Crippen LogP) is 3.20. The van der Waals surface area contributed by atoms with Crippen molar-refractivity contribution in [3.8, 4) is 11.5 Å². The van der Waals surface area contributed by atoms with Gasteiger partial charge in [0.15, 0.2) is 11.5 Å². The predicted molar refractivity (Wildman–Crippen MR) is 106 cm³/mol. The fourth-order valence-corrected chi connectivity index (χ4v) is 4.54. The van der Waals surface area contributed by atoms with Gasteiger partial charge in [-0.15, -0.1) is 0 Å². The molecule has 4 atom stereocenters. The van der Waals surface area contributed by atoms with E-state index in [1.807, 2.05) is 6.07 Å². The molecule has 0 unspecified atom stereocenters. The van der Waals surface area contributed by atoms with Gasteiger partial charge in [0, 0.05) is 20.0 Å². The molecule has 0 aliphatic heterocycles. The van der Waals surface area contributed by atoms with E-state index < -0.39 is 11.7 Å². The first-order valence-electron chi connectivity index (χ1n) is 10.2. The number of carbonyl (C=O) groups excluding carboxylic acids is 1. The van der Waals surface area contributed by atoms with E-state index in [1.165, 1.54) is 14.0 Å². The Morgan fingerprint density at radius 3 is 2.71 bits per heavy atom. The number of carbonyl (C=O) groups is 1. The lowest BCUT2D eigenvalue weighted by Gasteiger charge is -2.44. The first-order chi connectivity index (χ1) is 13.3. The van der Waals surface area contributed by atoms with Crippen molar-refractivity contribution in [2.24, 2.45) is 11.8 Å². The molecule has 1 aromatic carbocycles. The van der Waals surface area contributed by atoms with E-state index in [1.54, 1.807) is 12.1 Å². The number of aromatic hydroxyl groups is 1. The maximum absolute atomic E-state index is 11.8. The Morgan fingerprint density at radius 2 is 2.14 bits per heavy atom. The number of hydrogen-bond donors (Lipinski definition) is 3. The minimum Gasteiger partial charge on any atom is -0.504 e. The zero-order chi connectivity index (χ0) is 20.7. The first kappa shape index (κ1) is 22.5. The second-order valence-electron chi connectivity index (χ2n) is 7.99. The van der Waals surface area contributed by atoms with Crippen LogP contribution in [0.1, 0.15) is 57.9 Å². The zero-order valence-corrected chi connectivity index (χ0v) is 17.2. The Balaban J connectivity index is 2.11. The molecule has 1 saturated carbocycles. The molecule has 0 radical (unpaired) electrons. The van der Waals surface area contributed by atoms with Gasteiger partial charge in [-0.2, -0.15) is 0 Å². The van der Waals surface area contributed by atoms with Gasteiger partial charge >= 0.3 is 5.97 Å². The molecular formula is C22H34O6. The lowest BCUT2D eigenvalue weighted by molar-refractivity contribution is -0.170. The van der Waals surface area contributed by atoms with Gasteiger partial charge in [0.25, 0.3) is 0 Å². The number of phenols is 1.